The second-order valence-corrected chi connectivity index (χ2v) is 10.0. The maximum absolute atomic E-state index is 12.9. The van der Waals surface area contributed by atoms with Crippen molar-refractivity contribution in [1.82, 2.24) is 9.78 Å². The van der Waals surface area contributed by atoms with Gasteiger partial charge in [-0.3, -0.25) is 0 Å². The van der Waals surface area contributed by atoms with Gasteiger partial charge in [0.05, 0.1) is 0 Å². The number of benzene rings is 3. The van der Waals surface area contributed by atoms with Gasteiger partial charge in [0.15, 0.2) is 0 Å². The Morgan fingerprint density at radius 1 is 0.929 bits per heavy atom. The van der Waals surface area contributed by atoms with Gasteiger partial charge < -0.3 is 0 Å². The summed E-state index contributed by atoms with van der Waals surface area (Å²) >= 11 is -2.38. The van der Waals surface area contributed by atoms with Gasteiger partial charge in [0.25, 0.3) is 0 Å². The van der Waals surface area contributed by atoms with Crippen LogP contribution in [-0.2, 0) is 23.8 Å². The molecule has 0 bridgehead atoms. The zero-order chi connectivity index (χ0) is 18.5. The number of aryl methyl sites for hydroxylation is 1. The molecule has 5 rings (SSSR count). The second-order valence-electron chi connectivity index (χ2n) is 6.75. The number of rotatable bonds is 2. The molecule has 28 heavy (non-hydrogen) atoms. The molecule has 1 atom stereocenters. The van der Waals surface area contributed by atoms with Crippen molar-refractivity contribution in [2.45, 2.75) is 13.8 Å². The second kappa shape index (κ2) is 7.37. The fourth-order valence-corrected chi connectivity index (χ4v) is 7.07. The molecule has 4 aromatic rings. The molecule has 0 saturated carbocycles. The predicted molar refractivity (Wildman–Crippen MR) is 108 cm³/mol. The average molecular weight is 605 g/mol. The van der Waals surface area contributed by atoms with Crippen LogP contribution < -0.4 is 8.70 Å². The Morgan fingerprint density at radius 3 is 2.46 bits per heavy atom. The van der Waals surface area contributed by atoms with Crippen molar-refractivity contribution in [2.24, 2.45) is 0 Å². The third kappa shape index (κ3) is 2.88. The Labute approximate surface area is 182 Å². The Kier molecular flexibility index (Phi) is 5.05. The van der Waals surface area contributed by atoms with Crippen LogP contribution in [0.5, 0.6) is 0 Å². The number of aromatic nitrogens is 2. The molecule has 2 radical (unpaired) electrons. The largest absolute Gasteiger partial charge is 0 e. The van der Waals surface area contributed by atoms with Gasteiger partial charge in [0.1, 0.15) is 0 Å². The van der Waals surface area contributed by atoms with E-state index in [1.54, 1.807) is 0 Å². The maximum atomic E-state index is 12.9. The standard InChI is InChI=1S/C23H17AsN2O.Ir/c1-15-23(16(2)26(25-15)18-8-4-3-5-9-18)17-12-13-22-20(14-17)19-10-6-7-11-21(19)24(22)27;/h3-8,10-14H,1-2H3;/q-1;. The maximum Gasteiger partial charge on any atom is 0 e. The number of hydrogen-bond donors (Lipinski definition) is 0. The zero-order valence-electron chi connectivity index (χ0n) is 15.4. The summed E-state index contributed by atoms with van der Waals surface area (Å²) in [6, 6.07) is 25.5. The molecule has 140 valence electrons. The summed E-state index contributed by atoms with van der Waals surface area (Å²) in [5.41, 5.74) is 7.46. The molecule has 5 heteroatoms. The molecule has 1 aromatic heterocycles. The Balaban J connectivity index is 0.00000192. The van der Waals surface area contributed by atoms with Crippen LogP contribution in [0, 0.1) is 19.9 Å². The van der Waals surface area contributed by atoms with Gasteiger partial charge in [-0.25, -0.2) is 0 Å². The molecule has 1 aliphatic heterocycles. The minimum Gasteiger partial charge on any atom is 0 e. The van der Waals surface area contributed by atoms with Gasteiger partial charge in [0.2, 0.25) is 0 Å². The van der Waals surface area contributed by atoms with E-state index < -0.39 is 14.6 Å². The van der Waals surface area contributed by atoms with E-state index in [0.717, 1.165) is 48.0 Å². The van der Waals surface area contributed by atoms with E-state index in [9.17, 15) is 3.74 Å². The summed E-state index contributed by atoms with van der Waals surface area (Å²) in [5.74, 6) is 0. The molecule has 0 aliphatic carbocycles. The van der Waals surface area contributed by atoms with Crippen molar-refractivity contribution in [3.8, 4) is 27.9 Å². The fourth-order valence-electron chi connectivity index (χ4n) is 3.90. The van der Waals surface area contributed by atoms with E-state index in [-0.39, 0.29) is 20.1 Å². The smallest absolute Gasteiger partial charge is 0 e. The first-order chi connectivity index (χ1) is 13.1. The quantitative estimate of drug-likeness (QED) is 0.229. The minimum absolute atomic E-state index is 0. The average Bonchev–Trinajstić information content (AvgIpc) is 3.16. The Morgan fingerprint density at radius 2 is 1.68 bits per heavy atom. The first-order valence-electron chi connectivity index (χ1n) is 8.89. The van der Waals surface area contributed by atoms with Crippen molar-refractivity contribution in [3.05, 3.63) is 84.2 Å². The fraction of sp³-hybridized carbons (Fsp3) is 0.0870. The molecule has 0 N–H and O–H groups in total. The summed E-state index contributed by atoms with van der Waals surface area (Å²) in [6.07, 6.45) is 0. The van der Waals surface area contributed by atoms with Crippen LogP contribution in [0.2, 0.25) is 0 Å². The zero-order valence-corrected chi connectivity index (χ0v) is 19.7. The van der Waals surface area contributed by atoms with Gasteiger partial charge >= 0.3 is 163 Å². The van der Waals surface area contributed by atoms with Crippen LogP contribution in [-0.4, -0.2) is 24.4 Å². The Hall–Kier alpha value is -2.12. The van der Waals surface area contributed by atoms with Crippen LogP contribution in [0.25, 0.3) is 27.9 Å². The van der Waals surface area contributed by atoms with Crippen molar-refractivity contribution >= 4 is 23.3 Å². The van der Waals surface area contributed by atoms with Gasteiger partial charge in [0, 0.05) is 20.1 Å². The van der Waals surface area contributed by atoms with E-state index in [2.05, 4.69) is 31.2 Å². The van der Waals surface area contributed by atoms with Crippen molar-refractivity contribution in [3.63, 3.8) is 0 Å². The number of fused-ring (bicyclic) bond motifs is 3. The number of hydrogen-bond acceptors (Lipinski definition) is 2. The Bertz CT molecular complexity index is 1210. The molecule has 1 unspecified atom stereocenters. The van der Waals surface area contributed by atoms with Crippen LogP contribution in [0.4, 0.5) is 0 Å². The van der Waals surface area contributed by atoms with Crippen molar-refractivity contribution < 1.29 is 23.8 Å². The summed E-state index contributed by atoms with van der Waals surface area (Å²) in [6.45, 7) is 4.12. The van der Waals surface area contributed by atoms with Gasteiger partial charge in [-0.15, -0.1) is 0 Å². The molecular formula is C23H17AsIrN2O-. The topological polar surface area (TPSA) is 34.9 Å². The summed E-state index contributed by atoms with van der Waals surface area (Å²) in [4.78, 5) is 0. The summed E-state index contributed by atoms with van der Waals surface area (Å²) in [7, 11) is 0. The number of para-hydroxylation sites is 1. The van der Waals surface area contributed by atoms with Crippen LogP contribution in [0.3, 0.4) is 0 Å². The van der Waals surface area contributed by atoms with E-state index in [1.807, 2.05) is 60.1 Å². The van der Waals surface area contributed by atoms with Gasteiger partial charge in [-0.05, 0) is 0 Å². The molecule has 3 aromatic carbocycles. The molecule has 1 aliphatic rings. The molecule has 0 saturated heterocycles. The van der Waals surface area contributed by atoms with E-state index in [0.29, 0.717) is 0 Å². The van der Waals surface area contributed by atoms with Crippen LogP contribution in [0.15, 0.2) is 66.7 Å². The van der Waals surface area contributed by atoms with Crippen LogP contribution >= 0.6 is 0 Å². The summed E-state index contributed by atoms with van der Waals surface area (Å²) < 4.78 is 16.8. The van der Waals surface area contributed by atoms with Gasteiger partial charge in [-0.2, -0.15) is 0 Å². The van der Waals surface area contributed by atoms with Crippen LogP contribution in [0.1, 0.15) is 11.4 Å². The molecule has 0 amide bonds. The SMILES string of the molecule is Cc1nn(-c2[c-]cccc2)c(C)c1-c1ccc2c(c1)-c1ccccc1[As]2=O.[Ir]. The molecular weight excluding hydrogens is 587 g/mol. The normalized spacial score (nSPS) is 13.0. The van der Waals surface area contributed by atoms with Crippen molar-refractivity contribution in [2.75, 3.05) is 0 Å². The first-order valence-corrected chi connectivity index (χ1v) is 11.5. The molecule has 0 fully saturated rings. The van der Waals surface area contributed by atoms with Crippen molar-refractivity contribution in [1.29, 1.82) is 0 Å². The number of nitrogens with zero attached hydrogens (tertiary/aromatic N) is 2. The molecule has 0 spiro atoms. The monoisotopic (exact) mass is 605 g/mol. The molecule has 2 heterocycles. The minimum atomic E-state index is -2.38. The van der Waals surface area contributed by atoms with E-state index in [1.165, 1.54) is 0 Å². The third-order valence-corrected chi connectivity index (χ3v) is 8.60. The first kappa shape index (κ1) is 19.2. The third-order valence-electron chi connectivity index (χ3n) is 5.13. The van der Waals surface area contributed by atoms with E-state index >= 15 is 0 Å². The summed E-state index contributed by atoms with van der Waals surface area (Å²) in [5, 5.41) is 4.74. The predicted octanol–water partition coefficient (Wildman–Crippen LogP) is 3.47. The van der Waals surface area contributed by atoms with E-state index in [4.69, 9.17) is 5.10 Å². The molecule has 3 nitrogen and oxygen atoms in total. The van der Waals surface area contributed by atoms with Gasteiger partial charge in [-0.1, -0.05) is 0 Å².